The summed E-state index contributed by atoms with van der Waals surface area (Å²) in [6.07, 6.45) is 2.57. The maximum Gasteiger partial charge on any atom is 0.290 e. The third-order valence-corrected chi connectivity index (χ3v) is 3.20. The maximum absolute atomic E-state index is 5.60. The number of rotatable bonds is 6. The van der Waals surface area contributed by atoms with Gasteiger partial charge in [0.05, 0.1) is 0 Å². The maximum atomic E-state index is 5.60. The van der Waals surface area contributed by atoms with E-state index < -0.39 is 0 Å². The van der Waals surface area contributed by atoms with Gasteiger partial charge in [0, 0.05) is 13.1 Å². The van der Waals surface area contributed by atoms with Crippen LogP contribution in [0.3, 0.4) is 0 Å². The normalized spacial score (nSPS) is 16.3. The summed E-state index contributed by atoms with van der Waals surface area (Å²) in [5.74, 6) is 1.58. The summed E-state index contributed by atoms with van der Waals surface area (Å²) in [4.78, 5) is 0. The number of nitrogens with zero attached hydrogens (tertiary/aromatic N) is 2. The first-order valence-electron chi connectivity index (χ1n) is 5.23. The Kier molecular flexibility index (Phi) is 3.85. The SMILES string of the molecule is CCCCSc1nonc1OC1CNC1. The number of thioether (sulfide) groups is 1. The molecule has 0 atom stereocenters. The van der Waals surface area contributed by atoms with Crippen molar-refractivity contribution in [2.45, 2.75) is 30.9 Å². The minimum Gasteiger partial charge on any atom is -0.467 e. The molecule has 2 rings (SSSR count). The summed E-state index contributed by atoms with van der Waals surface area (Å²) < 4.78 is 10.3. The lowest BCUT2D eigenvalue weighted by Crippen LogP contribution is -2.50. The van der Waals surface area contributed by atoms with Crippen molar-refractivity contribution in [2.24, 2.45) is 0 Å². The van der Waals surface area contributed by atoms with Gasteiger partial charge in [-0.05, 0) is 22.5 Å². The number of nitrogens with one attached hydrogen (secondary N) is 1. The number of hydrogen-bond donors (Lipinski definition) is 1. The third kappa shape index (κ3) is 2.85. The average molecular weight is 229 g/mol. The predicted molar refractivity (Wildman–Crippen MR) is 57.2 cm³/mol. The van der Waals surface area contributed by atoms with Crippen molar-refractivity contribution in [3.05, 3.63) is 0 Å². The Morgan fingerprint density at radius 1 is 1.53 bits per heavy atom. The molecular weight excluding hydrogens is 214 g/mol. The molecule has 0 radical (unpaired) electrons. The van der Waals surface area contributed by atoms with Crippen molar-refractivity contribution >= 4 is 11.8 Å². The quantitative estimate of drug-likeness (QED) is 0.586. The summed E-state index contributed by atoms with van der Waals surface area (Å²) in [6.45, 7) is 3.93. The highest BCUT2D eigenvalue weighted by molar-refractivity contribution is 7.99. The van der Waals surface area contributed by atoms with Crippen molar-refractivity contribution in [1.29, 1.82) is 0 Å². The summed E-state index contributed by atoms with van der Waals surface area (Å²) in [7, 11) is 0. The van der Waals surface area contributed by atoms with Crippen LogP contribution in [0.15, 0.2) is 9.65 Å². The standard InChI is InChI=1S/C9H15N3O2S/c1-2-3-4-15-9-8(11-14-12-9)13-7-5-10-6-7/h7,10H,2-6H2,1H3. The fourth-order valence-electron chi connectivity index (χ4n) is 1.15. The Labute approximate surface area is 92.9 Å². The first kappa shape index (κ1) is 10.8. The highest BCUT2D eigenvalue weighted by atomic mass is 32.2. The lowest BCUT2D eigenvalue weighted by atomic mass is 10.2. The molecule has 0 bridgehead atoms. The lowest BCUT2D eigenvalue weighted by molar-refractivity contribution is 0.126. The first-order valence-corrected chi connectivity index (χ1v) is 6.21. The van der Waals surface area contributed by atoms with E-state index in [2.05, 4.69) is 27.2 Å². The van der Waals surface area contributed by atoms with Crippen LogP contribution in [0, 0.1) is 0 Å². The van der Waals surface area contributed by atoms with Gasteiger partial charge < -0.3 is 10.1 Å². The second-order valence-electron chi connectivity index (χ2n) is 3.47. The van der Waals surface area contributed by atoms with E-state index in [1.165, 1.54) is 12.8 Å². The summed E-state index contributed by atoms with van der Waals surface area (Å²) in [5, 5.41) is 11.5. The van der Waals surface area contributed by atoms with Crippen LogP contribution in [0.2, 0.25) is 0 Å². The topological polar surface area (TPSA) is 60.2 Å². The smallest absolute Gasteiger partial charge is 0.290 e. The van der Waals surface area contributed by atoms with Gasteiger partial charge >= 0.3 is 0 Å². The molecule has 1 N–H and O–H groups in total. The van der Waals surface area contributed by atoms with Gasteiger partial charge in [-0.2, -0.15) is 0 Å². The summed E-state index contributed by atoms with van der Waals surface area (Å²) >= 11 is 1.64. The van der Waals surface area contributed by atoms with Crippen LogP contribution < -0.4 is 10.1 Å². The van der Waals surface area contributed by atoms with E-state index in [-0.39, 0.29) is 6.10 Å². The van der Waals surface area contributed by atoms with Gasteiger partial charge in [-0.3, -0.25) is 0 Å². The summed E-state index contributed by atoms with van der Waals surface area (Å²) in [5.41, 5.74) is 0. The average Bonchev–Trinajstić information content (AvgIpc) is 2.60. The fourth-order valence-corrected chi connectivity index (χ4v) is 2.07. The van der Waals surface area contributed by atoms with Gasteiger partial charge in [-0.15, -0.1) is 0 Å². The number of hydrogen-bond acceptors (Lipinski definition) is 6. The lowest BCUT2D eigenvalue weighted by Gasteiger charge is -2.26. The zero-order valence-electron chi connectivity index (χ0n) is 8.73. The van der Waals surface area contributed by atoms with E-state index >= 15 is 0 Å². The van der Waals surface area contributed by atoms with Crippen LogP contribution in [0.25, 0.3) is 0 Å². The van der Waals surface area contributed by atoms with Gasteiger partial charge in [-0.25, -0.2) is 4.63 Å². The van der Waals surface area contributed by atoms with E-state index in [0.717, 1.165) is 23.9 Å². The largest absolute Gasteiger partial charge is 0.467 e. The van der Waals surface area contributed by atoms with Gasteiger partial charge in [0.25, 0.3) is 5.88 Å². The van der Waals surface area contributed by atoms with Crippen LogP contribution in [0.1, 0.15) is 19.8 Å². The molecule has 0 unspecified atom stereocenters. The van der Waals surface area contributed by atoms with E-state index in [4.69, 9.17) is 4.74 Å². The van der Waals surface area contributed by atoms with Crippen LogP contribution in [-0.4, -0.2) is 35.3 Å². The molecule has 1 aromatic rings. The van der Waals surface area contributed by atoms with Crippen molar-refractivity contribution in [1.82, 2.24) is 15.6 Å². The predicted octanol–water partition coefficient (Wildman–Crippen LogP) is 1.31. The Balaban J connectivity index is 1.83. The molecule has 0 spiro atoms. The van der Waals surface area contributed by atoms with Crippen molar-refractivity contribution in [3.8, 4) is 5.88 Å². The molecule has 6 heteroatoms. The molecule has 84 valence electrons. The first-order chi connectivity index (χ1) is 7.40. The molecule has 2 heterocycles. The Hall–Kier alpha value is -0.750. The minimum atomic E-state index is 0.224. The molecule has 1 aliphatic heterocycles. The Bertz CT molecular complexity index is 301. The number of unbranched alkanes of at least 4 members (excludes halogenated alkanes) is 1. The molecule has 1 fully saturated rings. The molecule has 5 nitrogen and oxygen atoms in total. The van der Waals surface area contributed by atoms with Gasteiger partial charge in [-0.1, -0.05) is 25.1 Å². The van der Waals surface area contributed by atoms with Crippen LogP contribution in [0.4, 0.5) is 0 Å². The molecule has 0 aliphatic carbocycles. The fraction of sp³-hybridized carbons (Fsp3) is 0.778. The van der Waals surface area contributed by atoms with E-state index in [1.54, 1.807) is 11.8 Å². The van der Waals surface area contributed by atoms with E-state index in [1.807, 2.05) is 0 Å². The molecule has 0 amide bonds. The molecule has 1 saturated heterocycles. The van der Waals surface area contributed by atoms with Gasteiger partial charge in [0.1, 0.15) is 6.10 Å². The second-order valence-corrected chi connectivity index (χ2v) is 4.56. The molecule has 0 saturated carbocycles. The monoisotopic (exact) mass is 229 g/mol. The zero-order chi connectivity index (χ0) is 10.5. The van der Waals surface area contributed by atoms with Gasteiger partial charge in [0.15, 0.2) is 0 Å². The molecule has 1 aliphatic rings. The third-order valence-electron chi connectivity index (χ3n) is 2.19. The van der Waals surface area contributed by atoms with Crippen LogP contribution in [0.5, 0.6) is 5.88 Å². The zero-order valence-corrected chi connectivity index (χ0v) is 9.55. The second kappa shape index (κ2) is 5.37. The Morgan fingerprint density at radius 3 is 3.07 bits per heavy atom. The van der Waals surface area contributed by atoms with Crippen LogP contribution in [-0.2, 0) is 0 Å². The summed E-state index contributed by atoms with van der Waals surface area (Å²) in [6, 6.07) is 0. The Morgan fingerprint density at radius 2 is 2.40 bits per heavy atom. The van der Waals surface area contributed by atoms with Crippen LogP contribution >= 0.6 is 11.8 Å². The highest BCUT2D eigenvalue weighted by Gasteiger charge is 2.22. The van der Waals surface area contributed by atoms with E-state index in [0.29, 0.717) is 5.88 Å². The highest BCUT2D eigenvalue weighted by Crippen LogP contribution is 2.27. The van der Waals surface area contributed by atoms with E-state index in [9.17, 15) is 0 Å². The molecule has 15 heavy (non-hydrogen) atoms. The molecule has 1 aromatic heterocycles. The van der Waals surface area contributed by atoms with Gasteiger partial charge in [0.2, 0.25) is 5.03 Å². The van der Waals surface area contributed by atoms with Crippen molar-refractivity contribution in [3.63, 3.8) is 0 Å². The molecular formula is C9H15N3O2S. The number of aromatic nitrogens is 2. The molecule has 0 aromatic carbocycles. The number of ether oxygens (including phenoxy) is 1. The minimum absolute atomic E-state index is 0.224. The van der Waals surface area contributed by atoms with Crippen molar-refractivity contribution < 1.29 is 9.37 Å². The van der Waals surface area contributed by atoms with Crippen molar-refractivity contribution in [2.75, 3.05) is 18.8 Å².